The van der Waals surface area contributed by atoms with Crippen LogP contribution in [0.3, 0.4) is 0 Å². The average Bonchev–Trinajstić information content (AvgIpc) is 1.88. The molecule has 0 bridgehead atoms. The van der Waals surface area contributed by atoms with E-state index in [1.807, 2.05) is 13.8 Å². The van der Waals surface area contributed by atoms with Gasteiger partial charge in [0.1, 0.15) is 6.26 Å². The number of nitrogens with zero attached hydrogens (tertiary/aromatic N) is 1. The van der Waals surface area contributed by atoms with Gasteiger partial charge < -0.3 is 4.74 Å². The fourth-order valence-corrected chi connectivity index (χ4v) is 0.669. The van der Waals surface area contributed by atoms with Crippen LogP contribution in [0, 0.1) is 0 Å². The largest absolute Gasteiger partial charge is 0.420 e. The van der Waals surface area contributed by atoms with E-state index in [-0.39, 0.29) is 12.1 Å². The third kappa shape index (κ3) is 1.20. The van der Waals surface area contributed by atoms with Crippen LogP contribution in [0.25, 0.3) is 0 Å². The molecule has 0 aromatic heterocycles. The van der Waals surface area contributed by atoms with Crippen molar-refractivity contribution in [3.63, 3.8) is 0 Å². The molecule has 10 heavy (non-hydrogen) atoms. The van der Waals surface area contributed by atoms with Crippen molar-refractivity contribution in [2.75, 3.05) is 0 Å². The highest BCUT2D eigenvalue weighted by Crippen LogP contribution is 2.04. The van der Waals surface area contributed by atoms with Gasteiger partial charge in [-0.25, -0.2) is 4.79 Å². The SMILES string of the molecule is CC(C)N1C=C=COC1=O. The van der Waals surface area contributed by atoms with Gasteiger partial charge >= 0.3 is 6.09 Å². The van der Waals surface area contributed by atoms with Crippen molar-refractivity contribution in [3.05, 3.63) is 18.2 Å². The number of rotatable bonds is 1. The first-order valence-electron chi connectivity index (χ1n) is 3.12. The number of carbonyl (C=O) groups is 1. The second kappa shape index (κ2) is 2.58. The Labute approximate surface area is 59.6 Å². The molecule has 0 aromatic carbocycles. The molecular weight excluding hydrogens is 130 g/mol. The number of ether oxygens (including phenoxy) is 1. The zero-order valence-corrected chi connectivity index (χ0v) is 6.00. The van der Waals surface area contributed by atoms with Crippen LogP contribution < -0.4 is 0 Å². The van der Waals surface area contributed by atoms with E-state index in [4.69, 9.17) is 0 Å². The third-order valence-corrected chi connectivity index (χ3v) is 1.21. The molecule has 0 N–H and O–H groups in total. The highest BCUT2D eigenvalue weighted by Gasteiger charge is 2.16. The molecule has 0 aromatic rings. The van der Waals surface area contributed by atoms with Gasteiger partial charge in [0.25, 0.3) is 0 Å². The predicted octanol–water partition coefficient (Wildman–Crippen LogP) is 1.47. The van der Waals surface area contributed by atoms with Gasteiger partial charge in [-0.2, -0.15) is 0 Å². The van der Waals surface area contributed by atoms with E-state index >= 15 is 0 Å². The van der Waals surface area contributed by atoms with Gasteiger partial charge in [-0.3, -0.25) is 4.90 Å². The summed E-state index contributed by atoms with van der Waals surface area (Å²) >= 11 is 0. The molecule has 54 valence electrons. The van der Waals surface area contributed by atoms with E-state index in [9.17, 15) is 4.79 Å². The summed E-state index contributed by atoms with van der Waals surface area (Å²) in [5.41, 5.74) is 2.68. The Morgan fingerprint density at radius 1 is 1.70 bits per heavy atom. The van der Waals surface area contributed by atoms with E-state index < -0.39 is 0 Å². The first-order chi connectivity index (χ1) is 4.72. The summed E-state index contributed by atoms with van der Waals surface area (Å²) in [7, 11) is 0. The van der Waals surface area contributed by atoms with Gasteiger partial charge in [0.05, 0.1) is 6.20 Å². The molecule has 0 saturated carbocycles. The average molecular weight is 139 g/mol. The molecule has 1 rings (SSSR count). The van der Waals surface area contributed by atoms with E-state index in [1.165, 1.54) is 11.2 Å². The molecule has 0 aliphatic carbocycles. The highest BCUT2D eigenvalue weighted by molar-refractivity contribution is 5.70. The van der Waals surface area contributed by atoms with Crippen LogP contribution in [0.1, 0.15) is 13.8 Å². The monoisotopic (exact) mass is 139 g/mol. The van der Waals surface area contributed by atoms with E-state index in [1.54, 1.807) is 6.20 Å². The summed E-state index contributed by atoms with van der Waals surface area (Å²) in [5, 5.41) is 0. The Morgan fingerprint density at radius 2 is 2.40 bits per heavy atom. The van der Waals surface area contributed by atoms with Crippen LogP contribution in [-0.2, 0) is 4.74 Å². The second-order valence-corrected chi connectivity index (χ2v) is 2.30. The standard InChI is InChI=1S/C7H9NO2/c1-6(2)8-4-3-5-10-7(8)9/h4-6H,1-2H3. The minimum absolute atomic E-state index is 0.133. The zero-order valence-electron chi connectivity index (χ0n) is 6.00. The summed E-state index contributed by atoms with van der Waals surface area (Å²) < 4.78 is 4.57. The van der Waals surface area contributed by atoms with Crippen LogP contribution in [0.15, 0.2) is 18.2 Å². The van der Waals surface area contributed by atoms with Crippen LogP contribution in [0.4, 0.5) is 4.79 Å². The smallest absolute Gasteiger partial charge is 0.409 e. The first kappa shape index (κ1) is 6.90. The molecular formula is C7H9NO2. The molecule has 0 unspecified atom stereocenters. The molecule has 0 fully saturated rings. The summed E-state index contributed by atoms with van der Waals surface area (Å²) in [6.45, 7) is 3.82. The predicted molar refractivity (Wildman–Crippen MR) is 36.1 cm³/mol. The van der Waals surface area contributed by atoms with Crippen molar-refractivity contribution in [1.82, 2.24) is 4.90 Å². The lowest BCUT2D eigenvalue weighted by atomic mass is 10.3. The fraction of sp³-hybridized carbons (Fsp3) is 0.429. The van der Waals surface area contributed by atoms with Gasteiger partial charge in [0.2, 0.25) is 0 Å². The minimum Gasteiger partial charge on any atom is -0.409 e. The molecule has 1 aliphatic rings. The second-order valence-electron chi connectivity index (χ2n) is 2.30. The summed E-state index contributed by atoms with van der Waals surface area (Å²) in [5.74, 6) is 0. The van der Waals surface area contributed by atoms with Gasteiger partial charge in [0.15, 0.2) is 0 Å². The molecule has 0 atom stereocenters. The van der Waals surface area contributed by atoms with Crippen molar-refractivity contribution in [3.8, 4) is 0 Å². The number of amides is 1. The Hall–Kier alpha value is -1.21. The van der Waals surface area contributed by atoms with Gasteiger partial charge in [0, 0.05) is 6.04 Å². The van der Waals surface area contributed by atoms with Crippen molar-refractivity contribution in [2.24, 2.45) is 0 Å². The first-order valence-corrected chi connectivity index (χ1v) is 3.12. The zero-order chi connectivity index (χ0) is 7.56. The summed E-state index contributed by atoms with van der Waals surface area (Å²) in [4.78, 5) is 12.3. The molecule has 0 saturated heterocycles. The highest BCUT2D eigenvalue weighted by atomic mass is 16.5. The molecule has 0 radical (unpaired) electrons. The maximum Gasteiger partial charge on any atom is 0.420 e. The molecule has 1 amide bonds. The van der Waals surface area contributed by atoms with Crippen LogP contribution in [0.2, 0.25) is 0 Å². The lowest BCUT2D eigenvalue weighted by Crippen LogP contribution is -2.32. The van der Waals surface area contributed by atoms with Crippen molar-refractivity contribution >= 4 is 6.09 Å². The van der Waals surface area contributed by atoms with Crippen LogP contribution in [-0.4, -0.2) is 17.0 Å². The summed E-state index contributed by atoms with van der Waals surface area (Å²) in [6, 6.07) is 0.133. The normalized spacial score (nSPS) is 16.3. The molecule has 1 heterocycles. The van der Waals surface area contributed by atoms with Crippen LogP contribution >= 0.6 is 0 Å². The maximum atomic E-state index is 10.8. The van der Waals surface area contributed by atoms with Crippen molar-refractivity contribution in [2.45, 2.75) is 19.9 Å². The molecule has 0 spiro atoms. The Morgan fingerprint density at radius 3 is 2.80 bits per heavy atom. The topological polar surface area (TPSA) is 29.5 Å². The Kier molecular flexibility index (Phi) is 1.78. The number of hydrogen-bond acceptors (Lipinski definition) is 2. The van der Waals surface area contributed by atoms with Gasteiger partial charge in [-0.15, -0.1) is 0 Å². The Balaban J connectivity index is 2.75. The number of cyclic esters (lactones) is 1. The van der Waals surface area contributed by atoms with E-state index in [0.29, 0.717) is 0 Å². The molecule has 3 heteroatoms. The molecule has 3 nitrogen and oxygen atoms in total. The van der Waals surface area contributed by atoms with Crippen LogP contribution in [0.5, 0.6) is 0 Å². The lowest BCUT2D eigenvalue weighted by molar-refractivity contribution is 0.141. The lowest BCUT2D eigenvalue weighted by Gasteiger charge is -2.21. The summed E-state index contributed by atoms with van der Waals surface area (Å²) in [6.07, 6.45) is 2.49. The fourth-order valence-electron chi connectivity index (χ4n) is 0.669. The third-order valence-electron chi connectivity index (χ3n) is 1.21. The van der Waals surface area contributed by atoms with Gasteiger partial charge in [-0.05, 0) is 13.8 Å². The van der Waals surface area contributed by atoms with E-state index in [2.05, 4.69) is 10.5 Å². The Bertz CT molecular complexity index is 200. The van der Waals surface area contributed by atoms with E-state index in [0.717, 1.165) is 0 Å². The van der Waals surface area contributed by atoms with Gasteiger partial charge in [-0.1, -0.05) is 5.73 Å². The number of hydrogen-bond donors (Lipinski definition) is 0. The minimum atomic E-state index is -0.339. The number of carbonyl (C=O) groups excluding carboxylic acids is 1. The van der Waals surface area contributed by atoms with Crippen molar-refractivity contribution in [1.29, 1.82) is 0 Å². The maximum absolute atomic E-state index is 10.8. The quantitative estimate of drug-likeness (QED) is 0.515. The molecule has 1 aliphatic heterocycles. The van der Waals surface area contributed by atoms with Crippen molar-refractivity contribution < 1.29 is 9.53 Å².